The van der Waals surface area contributed by atoms with E-state index in [0.29, 0.717) is 17.8 Å². The molecule has 1 saturated heterocycles. The van der Waals surface area contributed by atoms with Crippen LogP contribution in [0.25, 0.3) is 0 Å². The molecule has 0 aromatic heterocycles. The summed E-state index contributed by atoms with van der Waals surface area (Å²) in [4.78, 5) is 2.46. The summed E-state index contributed by atoms with van der Waals surface area (Å²) in [5, 5.41) is 3.50. The van der Waals surface area contributed by atoms with E-state index in [9.17, 15) is 0 Å². The van der Waals surface area contributed by atoms with Crippen LogP contribution < -0.4 is 19.5 Å². The molecule has 22 heavy (non-hydrogen) atoms. The van der Waals surface area contributed by atoms with Gasteiger partial charge in [-0.1, -0.05) is 0 Å². The van der Waals surface area contributed by atoms with Gasteiger partial charge in [0.25, 0.3) is 0 Å². The Morgan fingerprint density at radius 2 is 1.64 bits per heavy atom. The van der Waals surface area contributed by atoms with Gasteiger partial charge in [-0.3, -0.25) is 4.90 Å². The van der Waals surface area contributed by atoms with Crippen LogP contribution in [0.4, 0.5) is 0 Å². The van der Waals surface area contributed by atoms with Gasteiger partial charge in [-0.2, -0.15) is 0 Å². The number of piperazine rings is 1. The Labute approximate surface area is 139 Å². The Balaban J connectivity index is 0.00000242. The molecule has 1 aromatic carbocycles. The maximum Gasteiger partial charge on any atom is 0.164 e. The largest absolute Gasteiger partial charge is 0.496 e. The first-order valence-corrected chi connectivity index (χ1v) is 7.35. The molecule has 0 spiro atoms. The number of ether oxygens (including phenoxy) is 3. The van der Waals surface area contributed by atoms with Gasteiger partial charge in [0.1, 0.15) is 5.75 Å². The van der Waals surface area contributed by atoms with Gasteiger partial charge in [-0.25, -0.2) is 0 Å². The number of halogens is 1. The second-order valence-corrected chi connectivity index (χ2v) is 5.61. The topological polar surface area (TPSA) is 43.0 Å². The van der Waals surface area contributed by atoms with Crippen molar-refractivity contribution in [3.63, 3.8) is 0 Å². The molecule has 1 aromatic rings. The van der Waals surface area contributed by atoms with Crippen LogP contribution in [-0.2, 0) is 6.54 Å². The molecule has 0 aliphatic carbocycles. The van der Waals surface area contributed by atoms with Gasteiger partial charge in [0.2, 0.25) is 0 Å². The van der Waals surface area contributed by atoms with Gasteiger partial charge in [0.15, 0.2) is 11.5 Å². The molecular weight excluding hydrogens is 304 g/mol. The van der Waals surface area contributed by atoms with Crippen LogP contribution in [0.1, 0.15) is 19.4 Å². The summed E-state index contributed by atoms with van der Waals surface area (Å²) in [5.74, 6) is 2.27. The number of methoxy groups -OCH3 is 3. The molecule has 0 bridgehead atoms. The quantitative estimate of drug-likeness (QED) is 0.897. The number of rotatable bonds is 5. The number of benzene rings is 1. The third kappa shape index (κ3) is 4.18. The minimum absolute atomic E-state index is 0. The summed E-state index contributed by atoms with van der Waals surface area (Å²) in [6, 6.07) is 4.91. The van der Waals surface area contributed by atoms with E-state index in [1.807, 2.05) is 12.1 Å². The molecule has 1 aliphatic rings. The Kier molecular flexibility index (Phi) is 7.26. The van der Waals surface area contributed by atoms with E-state index < -0.39 is 0 Å². The first kappa shape index (κ1) is 18.9. The second-order valence-electron chi connectivity index (χ2n) is 5.61. The molecule has 2 atom stereocenters. The Morgan fingerprint density at radius 3 is 2.23 bits per heavy atom. The van der Waals surface area contributed by atoms with Crippen LogP contribution in [0.3, 0.4) is 0 Å². The summed E-state index contributed by atoms with van der Waals surface area (Å²) in [7, 11) is 4.98. The molecule has 1 N–H and O–H groups in total. The third-order valence-electron chi connectivity index (χ3n) is 4.05. The van der Waals surface area contributed by atoms with Crippen molar-refractivity contribution in [2.75, 3.05) is 34.4 Å². The maximum absolute atomic E-state index is 5.51. The van der Waals surface area contributed by atoms with E-state index in [2.05, 4.69) is 24.1 Å². The van der Waals surface area contributed by atoms with Crippen molar-refractivity contribution < 1.29 is 14.2 Å². The van der Waals surface area contributed by atoms with Crippen LogP contribution in [-0.4, -0.2) is 51.4 Å². The van der Waals surface area contributed by atoms with Crippen LogP contribution in [0.15, 0.2) is 12.1 Å². The van der Waals surface area contributed by atoms with Crippen molar-refractivity contribution in [2.24, 2.45) is 0 Å². The summed E-state index contributed by atoms with van der Waals surface area (Å²) in [6.07, 6.45) is 0. The highest BCUT2D eigenvalue weighted by molar-refractivity contribution is 5.85. The van der Waals surface area contributed by atoms with Gasteiger partial charge in [-0.05, 0) is 19.9 Å². The fraction of sp³-hybridized carbons (Fsp3) is 0.625. The average Bonchev–Trinajstić information content (AvgIpc) is 2.50. The highest BCUT2D eigenvalue weighted by atomic mass is 35.5. The molecule has 0 radical (unpaired) electrons. The molecule has 1 aliphatic heterocycles. The summed E-state index contributed by atoms with van der Waals surface area (Å²) in [6.45, 7) is 7.34. The maximum atomic E-state index is 5.51. The van der Waals surface area contributed by atoms with Crippen LogP contribution in [0.2, 0.25) is 0 Å². The lowest BCUT2D eigenvalue weighted by Gasteiger charge is -2.37. The monoisotopic (exact) mass is 330 g/mol. The highest BCUT2D eigenvalue weighted by Gasteiger charge is 2.24. The molecule has 2 unspecified atom stereocenters. The van der Waals surface area contributed by atoms with Crippen LogP contribution in [0.5, 0.6) is 17.2 Å². The predicted octanol–water partition coefficient (Wildman–Crippen LogP) is 2.32. The molecule has 0 saturated carbocycles. The molecule has 1 fully saturated rings. The summed E-state index contributed by atoms with van der Waals surface area (Å²) >= 11 is 0. The molecule has 5 nitrogen and oxygen atoms in total. The third-order valence-corrected chi connectivity index (χ3v) is 4.05. The van der Waals surface area contributed by atoms with E-state index >= 15 is 0 Å². The predicted molar refractivity (Wildman–Crippen MR) is 90.7 cm³/mol. The molecule has 6 heteroatoms. The lowest BCUT2D eigenvalue weighted by molar-refractivity contribution is 0.137. The Morgan fingerprint density at radius 1 is 1.05 bits per heavy atom. The van der Waals surface area contributed by atoms with Crippen molar-refractivity contribution in [1.82, 2.24) is 10.2 Å². The van der Waals surface area contributed by atoms with Gasteiger partial charge in [0.05, 0.1) is 21.3 Å². The minimum atomic E-state index is 0. The van der Waals surface area contributed by atoms with Crippen molar-refractivity contribution in [3.05, 3.63) is 17.7 Å². The highest BCUT2D eigenvalue weighted by Crippen LogP contribution is 2.35. The standard InChI is InChI=1S/C16H26N2O3.ClH/c1-11-9-18(12(2)8-17-11)10-13-6-15(20-4)16(21-5)7-14(13)19-3;/h6-7,11-12,17H,8-10H2,1-5H3;1H. The normalized spacial score (nSPS) is 21.9. The van der Waals surface area contributed by atoms with Crippen molar-refractivity contribution in [2.45, 2.75) is 32.5 Å². The van der Waals surface area contributed by atoms with Gasteiger partial charge >= 0.3 is 0 Å². The minimum Gasteiger partial charge on any atom is -0.496 e. The smallest absolute Gasteiger partial charge is 0.164 e. The average molecular weight is 331 g/mol. The molecule has 0 amide bonds. The number of hydrogen-bond donors (Lipinski definition) is 1. The van der Waals surface area contributed by atoms with Gasteiger partial charge in [-0.15, -0.1) is 12.4 Å². The fourth-order valence-corrected chi connectivity index (χ4v) is 2.75. The lowest BCUT2D eigenvalue weighted by atomic mass is 10.1. The lowest BCUT2D eigenvalue weighted by Crippen LogP contribution is -2.53. The Hall–Kier alpha value is -1.17. The fourth-order valence-electron chi connectivity index (χ4n) is 2.75. The van der Waals surface area contributed by atoms with Crippen molar-refractivity contribution in [3.8, 4) is 17.2 Å². The number of hydrogen-bond acceptors (Lipinski definition) is 5. The molecule has 1 heterocycles. The van der Waals surface area contributed by atoms with Crippen molar-refractivity contribution in [1.29, 1.82) is 0 Å². The zero-order valence-electron chi connectivity index (χ0n) is 14.0. The molecule has 126 valence electrons. The zero-order chi connectivity index (χ0) is 15.4. The molecule has 2 rings (SSSR count). The number of nitrogens with one attached hydrogen (secondary N) is 1. The van der Waals surface area contributed by atoms with E-state index in [1.54, 1.807) is 21.3 Å². The Bertz CT molecular complexity index is 485. The first-order chi connectivity index (χ1) is 10.1. The zero-order valence-corrected chi connectivity index (χ0v) is 14.8. The van der Waals surface area contributed by atoms with Crippen LogP contribution >= 0.6 is 12.4 Å². The SMILES string of the molecule is COc1cc(OC)c(OC)cc1CN1CC(C)NCC1C.Cl. The number of nitrogens with zero attached hydrogens (tertiary/aromatic N) is 1. The van der Waals surface area contributed by atoms with E-state index in [4.69, 9.17) is 14.2 Å². The molecular formula is C16H27ClN2O3. The first-order valence-electron chi connectivity index (χ1n) is 7.35. The van der Waals surface area contributed by atoms with Gasteiger partial charge in [0, 0.05) is 43.3 Å². The van der Waals surface area contributed by atoms with E-state index in [0.717, 1.165) is 36.7 Å². The van der Waals surface area contributed by atoms with E-state index in [1.165, 1.54) is 0 Å². The second kappa shape index (κ2) is 8.46. The van der Waals surface area contributed by atoms with Crippen molar-refractivity contribution >= 4 is 12.4 Å². The summed E-state index contributed by atoms with van der Waals surface area (Å²) < 4.78 is 16.2. The van der Waals surface area contributed by atoms with E-state index in [-0.39, 0.29) is 12.4 Å². The summed E-state index contributed by atoms with van der Waals surface area (Å²) in [5.41, 5.74) is 1.12. The van der Waals surface area contributed by atoms with Crippen LogP contribution in [0, 0.1) is 0 Å². The van der Waals surface area contributed by atoms with Gasteiger partial charge < -0.3 is 19.5 Å².